The Labute approximate surface area is 190 Å². The molecule has 3 fully saturated rings. The number of ether oxygens (including phenoxy) is 2. The van der Waals surface area contributed by atoms with Crippen LogP contribution in [0.25, 0.3) is 0 Å². The zero-order valence-corrected chi connectivity index (χ0v) is 20.3. The average molecular weight is 549 g/mol. The fourth-order valence-electron chi connectivity index (χ4n) is 5.47. The molecule has 1 aromatic rings. The fraction of sp³-hybridized carbons (Fsp3) is 0.714. The van der Waals surface area contributed by atoms with Gasteiger partial charge in [-0.15, -0.1) is 0 Å². The molecule has 3 heterocycles. The topological polar surface area (TPSA) is 125 Å². The molecule has 10 heteroatoms. The number of pyridine rings is 1. The summed E-state index contributed by atoms with van der Waals surface area (Å²) in [6.45, 7) is 4.62. The Morgan fingerprint density at radius 1 is 1.35 bits per heavy atom. The first-order valence-corrected chi connectivity index (χ1v) is 15.3. The van der Waals surface area contributed by atoms with Gasteiger partial charge in [0, 0.05) is 0 Å². The van der Waals surface area contributed by atoms with Gasteiger partial charge in [-0.05, 0) is 0 Å². The summed E-state index contributed by atoms with van der Waals surface area (Å²) >= 11 is -1.63. The van der Waals surface area contributed by atoms with Gasteiger partial charge < -0.3 is 0 Å². The summed E-state index contributed by atoms with van der Waals surface area (Å²) < 4.78 is 19.9. The van der Waals surface area contributed by atoms with E-state index in [1.807, 2.05) is 0 Å². The second-order valence-electron chi connectivity index (χ2n) is 8.84. The van der Waals surface area contributed by atoms with E-state index in [1.54, 1.807) is 18.3 Å². The van der Waals surface area contributed by atoms with Crippen LogP contribution in [0.3, 0.4) is 0 Å². The molecule has 174 valence electrons. The minimum absolute atomic E-state index is 0.0226. The Balaban J connectivity index is 1.52. The van der Waals surface area contributed by atoms with E-state index >= 15 is 0 Å². The van der Waals surface area contributed by atoms with Gasteiger partial charge in [0.1, 0.15) is 0 Å². The second-order valence-corrected chi connectivity index (χ2v) is 13.5. The third kappa shape index (κ3) is 4.23. The van der Waals surface area contributed by atoms with Crippen LogP contribution in [0.1, 0.15) is 49.2 Å². The van der Waals surface area contributed by atoms with Gasteiger partial charge in [0.15, 0.2) is 0 Å². The molecule has 0 bridgehead atoms. The second kappa shape index (κ2) is 9.54. The normalized spacial score (nSPS) is 38.8. The summed E-state index contributed by atoms with van der Waals surface area (Å²) in [6.07, 6.45) is 3.52. The van der Waals surface area contributed by atoms with Crippen LogP contribution in [0.15, 0.2) is 18.3 Å². The van der Waals surface area contributed by atoms with Crippen molar-refractivity contribution >= 4 is 26.1 Å². The van der Waals surface area contributed by atoms with E-state index in [9.17, 15) is 10.1 Å². The molecule has 1 unspecified atom stereocenters. The maximum atomic E-state index is 11.6. The first-order valence-electron chi connectivity index (χ1n) is 10.7. The molecule has 0 radical (unpaired) electrons. The molecule has 2 aliphatic heterocycles. The van der Waals surface area contributed by atoms with Crippen LogP contribution in [0, 0.1) is 23.7 Å². The SMILES string of the molecule is C[C@@H]1CCC2[C@@H](C)[C@@H](OCc3ccc(C(=O)NN)nc3)O[C@@H]3OI(C)CC[C@@H]1[C@@]23OO. The van der Waals surface area contributed by atoms with Crippen LogP contribution in [-0.2, 0) is 24.0 Å². The average Bonchev–Trinajstić information content (AvgIpc) is 2.93. The van der Waals surface area contributed by atoms with E-state index in [-0.39, 0.29) is 30.1 Å². The molecule has 2 saturated heterocycles. The first-order chi connectivity index (χ1) is 14.9. The Morgan fingerprint density at radius 3 is 2.84 bits per heavy atom. The summed E-state index contributed by atoms with van der Waals surface area (Å²) in [4.78, 5) is 23.2. The van der Waals surface area contributed by atoms with Crippen molar-refractivity contribution in [2.24, 2.45) is 29.5 Å². The molecule has 0 aromatic carbocycles. The number of amides is 1. The van der Waals surface area contributed by atoms with Gasteiger partial charge in [0.2, 0.25) is 0 Å². The number of nitrogen functional groups attached to an aromatic ring is 1. The molecule has 4 rings (SSSR count). The predicted octanol–water partition coefficient (Wildman–Crippen LogP) is 2.88. The van der Waals surface area contributed by atoms with Crippen LogP contribution in [-0.4, -0.2) is 43.7 Å². The van der Waals surface area contributed by atoms with Crippen LogP contribution in [0.5, 0.6) is 0 Å². The van der Waals surface area contributed by atoms with Gasteiger partial charge in [-0.3, -0.25) is 0 Å². The number of carbonyl (C=O) groups is 1. The summed E-state index contributed by atoms with van der Waals surface area (Å²) in [6, 6.07) is 3.38. The van der Waals surface area contributed by atoms with Crippen molar-refractivity contribution in [2.45, 2.75) is 57.9 Å². The third-order valence-corrected chi connectivity index (χ3v) is 10.6. The fourth-order valence-corrected chi connectivity index (χ4v) is 8.58. The Bertz CT molecular complexity index is 783. The number of aromatic nitrogens is 1. The van der Waals surface area contributed by atoms with E-state index in [1.165, 1.54) is 0 Å². The molecule has 4 N–H and O–H groups in total. The van der Waals surface area contributed by atoms with E-state index in [2.05, 4.69) is 29.2 Å². The number of hydrogen-bond acceptors (Lipinski definition) is 8. The van der Waals surface area contributed by atoms with Crippen molar-refractivity contribution in [3.63, 3.8) is 0 Å². The number of nitrogens with two attached hydrogens (primary N) is 1. The number of nitrogens with one attached hydrogen (secondary N) is 1. The first kappa shape index (κ1) is 23.3. The van der Waals surface area contributed by atoms with E-state index < -0.39 is 44.3 Å². The van der Waals surface area contributed by atoms with E-state index in [0.717, 1.165) is 29.3 Å². The molecule has 9 nitrogen and oxygen atoms in total. The van der Waals surface area contributed by atoms with Crippen LogP contribution in [0.2, 0.25) is 0 Å². The molecule has 3 aliphatic rings. The van der Waals surface area contributed by atoms with Gasteiger partial charge in [-0.25, -0.2) is 5.84 Å². The number of hydrazine groups is 1. The van der Waals surface area contributed by atoms with E-state index in [0.29, 0.717) is 5.92 Å². The Hall–Kier alpha value is -0.890. The van der Waals surface area contributed by atoms with Gasteiger partial charge in [0.25, 0.3) is 0 Å². The van der Waals surface area contributed by atoms with Crippen LogP contribution < -0.4 is 11.3 Å². The van der Waals surface area contributed by atoms with Crippen LogP contribution >= 0.6 is 20.2 Å². The Morgan fingerprint density at radius 2 is 2.16 bits per heavy atom. The van der Waals surface area contributed by atoms with Crippen molar-refractivity contribution in [3.05, 3.63) is 29.6 Å². The number of alkyl halides is 2. The molecule has 1 aliphatic carbocycles. The molecule has 0 spiro atoms. The number of hydrogen-bond donors (Lipinski definition) is 3. The maximum absolute atomic E-state index is 11.6. The standard InChI is InChI=1S/C21H32IN3O6/c1-12-4-6-16-13(2)19(28-11-14-5-7-17(24-10-14)18(26)25-23)29-20-21(16,31-27)15(12)8-9-22(3)30-20/h5,7,10,12-13,15-16,19-20,27H,4,6,8-9,11,23H2,1-3H3,(H,25,26)/t12-,13-,15+,16?,19+,20-,21-/m1/s1. The van der Waals surface area contributed by atoms with Crippen LogP contribution in [0.4, 0.5) is 0 Å². The number of nitrogens with zero attached hydrogens (tertiary/aromatic N) is 1. The van der Waals surface area contributed by atoms with Gasteiger partial charge in [-0.2, -0.15) is 0 Å². The number of rotatable bonds is 5. The summed E-state index contributed by atoms with van der Waals surface area (Å²) in [5.41, 5.74) is 2.29. The van der Waals surface area contributed by atoms with Gasteiger partial charge >= 0.3 is 185 Å². The van der Waals surface area contributed by atoms with Crippen molar-refractivity contribution in [1.82, 2.24) is 10.4 Å². The van der Waals surface area contributed by atoms with E-state index in [4.69, 9.17) is 23.3 Å². The third-order valence-electron chi connectivity index (χ3n) is 7.15. The Kier molecular flexibility index (Phi) is 7.16. The molecule has 1 aromatic heterocycles. The summed E-state index contributed by atoms with van der Waals surface area (Å²) in [7, 11) is 0. The predicted molar refractivity (Wildman–Crippen MR) is 121 cm³/mol. The number of carbonyl (C=O) groups excluding carboxylic acids is 1. The van der Waals surface area contributed by atoms with Crippen molar-refractivity contribution in [2.75, 3.05) is 9.36 Å². The molecular formula is C21H32IN3O6. The molecule has 31 heavy (non-hydrogen) atoms. The summed E-state index contributed by atoms with van der Waals surface area (Å²) in [5, 5.41) is 10.2. The molecule has 1 saturated carbocycles. The van der Waals surface area contributed by atoms with Gasteiger partial charge in [-0.1, -0.05) is 0 Å². The van der Waals surface area contributed by atoms with Crippen molar-refractivity contribution in [1.29, 1.82) is 0 Å². The zero-order chi connectivity index (χ0) is 22.2. The number of halogens is 1. The molecular weight excluding hydrogens is 517 g/mol. The van der Waals surface area contributed by atoms with Crippen molar-refractivity contribution in [3.8, 4) is 0 Å². The zero-order valence-electron chi connectivity index (χ0n) is 18.1. The summed E-state index contributed by atoms with van der Waals surface area (Å²) in [5.74, 6) is 5.46. The molecule has 1 amide bonds. The molecule has 7 atom stereocenters. The minimum atomic E-state index is -1.63. The van der Waals surface area contributed by atoms with Gasteiger partial charge in [0.05, 0.1) is 0 Å². The monoisotopic (exact) mass is 549 g/mol. The quantitative estimate of drug-likeness (QED) is 0.128. The van der Waals surface area contributed by atoms with Crippen molar-refractivity contribution < 1.29 is 27.5 Å².